The predicted molar refractivity (Wildman–Crippen MR) is 128 cm³/mol. The third-order valence-electron chi connectivity index (χ3n) is 10.1. The van der Waals surface area contributed by atoms with E-state index < -0.39 is 26.1 Å². The van der Waals surface area contributed by atoms with Gasteiger partial charge in [0.15, 0.2) is 8.32 Å². The fraction of sp³-hybridized carbons (Fsp3) is 0.840. The molecule has 0 amide bonds. The van der Waals surface area contributed by atoms with Gasteiger partial charge in [-0.25, -0.2) is 0 Å². The van der Waals surface area contributed by atoms with E-state index in [0.29, 0.717) is 18.4 Å². The average Bonchev–Trinajstić information content (AvgIpc) is 3.18. The first-order valence-corrected chi connectivity index (χ1v) is 15.3. The molecular weight excluding hydrogens is 418 g/mol. The van der Waals surface area contributed by atoms with Gasteiger partial charge in [-0.05, 0) is 97.2 Å². The molecule has 2 aliphatic heterocycles. The Bertz CT molecular complexity index is 933. The van der Waals surface area contributed by atoms with Gasteiger partial charge in [0.05, 0.1) is 29.5 Å². The first-order chi connectivity index (χ1) is 14.9. The van der Waals surface area contributed by atoms with E-state index in [4.69, 9.17) is 14.7 Å². The average molecular weight is 458 g/mol. The van der Waals surface area contributed by atoms with Crippen molar-refractivity contribution in [2.75, 3.05) is 0 Å². The topological polar surface area (TPSA) is 87.5 Å². The zero-order chi connectivity index (χ0) is 23.2. The van der Waals surface area contributed by atoms with Crippen LogP contribution in [-0.4, -0.2) is 42.9 Å². The predicted octanol–water partition coefficient (Wildman–Crippen LogP) is 6.18. The monoisotopic (exact) mass is 457 g/mol. The van der Waals surface area contributed by atoms with E-state index >= 15 is 0 Å². The summed E-state index contributed by atoms with van der Waals surface area (Å²) in [5, 5.41) is 14.6. The number of hydrogen-bond acceptors (Lipinski definition) is 4. The fourth-order valence-corrected chi connectivity index (χ4v) is 8.74. The van der Waals surface area contributed by atoms with E-state index in [9.17, 15) is 5.11 Å². The first-order valence-electron chi connectivity index (χ1n) is 12.4. The van der Waals surface area contributed by atoms with Crippen LogP contribution < -0.4 is 0 Å². The first kappa shape index (κ1) is 22.7. The van der Waals surface area contributed by atoms with E-state index in [-0.39, 0.29) is 16.1 Å². The Balaban J connectivity index is 1.49. The van der Waals surface area contributed by atoms with Gasteiger partial charge in [-0.15, -0.1) is 0 Å². The molecule has 7 heteroatoms. The molecule has 7 atom stereocenters. The van der Waals surface area contributed by atoms with Gasteiger partial charge in [-0.3, -0.25) is 0 Å². The molecule has 0 aromatic heterocycles. The van der Waals surface area contributed by atoms with Crippen LogP contribution in [0.5, 0.6) is 0 Å². The van der Waals surface area contributed by atoms with Crippen LogP contribution in [0.25, 0.3) is 10.4 Å². The van der Waals surface area contributed by atoms with Gasteiger partial charge in [-0.1, -0.05) is 38.9 Å². The molecule has 176 valence electrons. The fourth-order valence-electron chi connectivity index (χ4n) is 7.29. The molecule has 2 unspecified atom stereocenters. The number of aliphatic hydroxyl groups excluding tert-OH is 1. The third kappa shape index (κ3) is 2.98. The van der Waals surface area contributed by atoms with Gasteiger partial charge >= 0.3 is 0 Å². The summed E-state index contributed by atoms with van der Waals surface area (Å²) in [5.74, 6) is 0.454. The summed E-state index contributed by atoms with van der Waals surface area (Å²) in [6.45, 7) is 14.2. The minimum atomic E-state index is -1.86. The molecule has 2 spiro atoms. The van der Waals surface area contributed by atoms with Crippen molar-refractivity contribution in [2.24, 2.45) is 16.4 Å². The summed E-state index contributed by atoms with van der Waals surface area (Å²) in [7, 11) is -1.86. The summed E-state index contributed by atoms with van der Waals surface area (Å²) in [4.78, 5) is 2.99. The number of ether oxygens (including phenoxy) is 1. The largest absolute Gasteiger partial charge is 0.413 e. The smallest absolute Gasteiger partial charge is 0.192 e. The number of nitrogens with zero attached hydrogens (tertiary/aromatic N) is 3. The lowest BCUT2D eigenvalue weighted by molar-refractivity contribution is -0.151. The number of aliphatic hydroxyl groups is 1. The Morgan fingerprint density at radius 1 is 1.25 bits per heavy atom. The summed E-state index contributed by atoms with van der Waals surface area (Å²) in [6, 6.07) is -0.456. The normalized spacial score (nSPS) is 45.2. The van der Waals surface area contributed by atoms with Gasteiger partial charge in [0, 0.05) is 4.91 Å². The molecular formula is C25H39N3O3Si. The molecule has 2 saturated carbocycles. The van der Waals surface area contributed by atoms with Crippen molar-refractivity contribution in [1.82, 2.24) is 0 Å². The van der Waals surface area contributed by atoms with Crippen LogP contribution in [0.4, 0.5) is 0 Å². The van der Waals surface area contributed by atoms with Gasteiger partial charge < -0.3 is 14.3 Å². The molecule has 5 aliphatic rings. The van der Waals surface area contributed by atoms with Gasteiger partial charge in [0.2, 0.25) is 0 Å². The van der Waals surface area contributed by atoms with Crippen LogP contribution >= 0.6 is 0 Å². The van der Waals surface area contributed by atoms with Crippen LogP contribution in [0.3, 0.4) is 0 Å². The Morgan fingerprint density at radius 3 is 2.69 bits per heavy atom. The highest BCUT2D eigenvalue weighted by molar-refractivity contribution is 6.74. The standard InChI is InChI=1S/C25H39N3O3Si/c1-22(2,3)32(5,6)30-21-8-7-20-23(21,4)10-9-16-13-17-14-19(29)18(27-28-26)15-24(17)11-12-25(16,20)31-24/h13-14,18-21,29H,7-12,15H2,1-6H3/t18?,19-,20+,21?,23-,24+,25+/m0/s1. The Morgan fingerprint density at radius 2 is 2.00 bits per heavy atom. The molecule has 3 fully saturated rings. The molecule has 0 aromatic carbocycles. The summed E-state index contributed by atoms with van der Waals surface area (Å²) in [6.07, 6.45) is 10.7. The van der Waals surface area contributed by atoms with Crippen molar-refractivity contribution >= 4 is 8.32 Å². The Kier molecular flexibility index (Phi) is 4.93. The summed E-state index contributed by atoms with van der Waals surface area (Å²) >= 11 is 0. The van der Waals surface area contributed by atoms with E-state index in [1.807, 2.05) is 6.08 Å². The van der Waals surface area contributed by atoms with Gasteiger partial charge in [0.1, 0.15) is 0 Å². The molecule has 0 radical (unpaired) electrons. The highest BCUT2D eigenvalue weighted by Crippen LogP contribution is 2.68. The van der Waals surface area contributed by atoms with Crippen molar-refractivity contribution in [3.8, 4) is 0 Å². The zero-order valence-electron chi connectivity index (χ0n) is 20.5. The number of fused-ring (bicyclic) bond motifs is 1. The van der Waals surface area contributed by atoms with Crippen molar-refractivity contribution < 1.29 is 14.3 Å². The highest BCUT2D eigenvalue weighted by Gasteiger charge is 2.68. The maximum absolute atomic E-state index is 10.5. The quantitative estimate of drug-likeness (QED) is 0.237. The highest BCUT2D eigenvalue weighted by atomic mass is 28.4. The lowest BCUT2D eigenvalue weighted by Crippen LogP contribution is -2.57. The molecule has 2 bridgehead atoms. The molecule has 3 aliphatic carbocycles. The molecule has 2 heterocycles. The summed E-state index contributed by atoms with van der Waals surface area (Å²) < 4.78 is 14.2. The number of rotatable bonds is 3. The van der Waals surface area contributed by atoms with Crippen molar-refractivity contribution in [1.29, 1.82) is 0 Å². The molecule has 1 saturated heterocycles. The van der Waals surface area contributed by atoms with Crippen LogP contribution in [0.15, 0.2) is 28.4 Å². The lowest BCUT2D eigenvalue weighted by atomic mass is 9.58. The minimum absolute atomic E-state index is 0.123. The number of hydrogen-bond donors (Lipinski definition) is 1. The van der Waals surface area contributed by atoms with E-state index in [1.54, 1.807) is 0 Å². The Labute approximate surface area is 193 Å². The number of azide groups is 1. The van der Waals surface area contributed by atoms with Gasteiger partial charge in [0.25, 0.3) is 0 Å². The van der Waals surface area contributed by atoms with Crippen LogP contribution in [-0.2, 0) is 9.16 Å². The Hall–Kier alpha value is -1.11. The maximum atomic E-state index is 10.5. The van der Waals surface area contributed by atoms with E-state index in [0.717, 1.165) is 44.1 Å². The molecule has 1 N–H and O–H groups in total. The van der Waals surface area contributed by atoms with E-state index in [2.05, 4.69) is 56.9 Å². The second kappa shape index (κ2) is 6.95. The molecule has 5 rings (SSSR count). The second-order valence-electron chi connectivity index (χ2n) is 12.7. The molecule has 6 nitrogen and oxygen atoms in total. The lowest BCUT2D eigenvalue weighted by Gasteiger charge is -2.56. The molecule has 0 aromatic rings. The third-order valence-corrected chi connectivity index (χ3v) is 14.6. The van der Waals surface area contributed by atoms with Crippen LogP contribution in [0.1, 0.15) is 72.6 Å². The molecule has 32 heavy (non-hydrogen) atoms. The van der Waals surface area contributed by atoms with Crippen LogP contribution in [0, 0.1) is 11.3 Å². The van der Waals surface area contributed by atoms with Crippen LogP contribution in [0.2, 0.25) is 18.1 Å². The summed E-state index contributed by atoms with van der Waals surface area (Å²) in [5.41, 5.74) is 11.0. The van der Waals surface area contributed by atoms with Crippen molar-refractivity contribution in [3.63, 3.8) is 0 Å². The maximum Gasteiger partial charge on any atom is 0.192 e. The van der Waals surface area contributed by atoms with Gasteiger partial charge in [-0.2, -0.15) is 0 Å². The van der Waals surface area contributed by atoms with Crippen molar-refractivity contribution in [2.45, 2.75) is 120 Å². The van der Waals surface area contributed by atoms with E-state index in [1.165, 1.54) is 5.57 Å². The van der Waals surface area contributed by atoms with Crippen molar-refractivity contribution in [3.05, 3.63) is 33.7 Å². The second-order valence-corrected chi connectivity index (χ2v) is 17.5. The minimum Gasteiger partial charge on any atom is -0.413 e. The zero-order valence-corrected chi connectivity index (χ0v) is 21.5. The SMILES string of the molecule is CC(C)(C)[Si](C)(C)OC1CC[C@H]2[C@@]34CC[C@]5(CC(N=[N+]=[N-])[C@@H](O)C=C5C=C3CC[C@]12C)O4.